The summed E-state index contributed by atoms with van der Waals surface area (Å²) < 4.78 is 5.23. The van der Waals surface area contributed by atoms with Crippen molar-refractivity contribution in [1.29, 1.82) is 0 Å². The lowest BCUT2D eigenvalue weighted by atomic mass is 10.1. The molecule has 19 heavy (non-hydrogen) atoms. The lowest BCUT2D eigenvalue weighted by molar-refractivity contribution is -0.144. The van der Waals surface area contributed by atoms with Crippen LogP contribution in [0.15, 0.2) is 48.5 Å². The van der Waals surface area contributed by atoms with E-state index >= 15 is 0 Å². The Morgan fingerprint density at radius 3 is 2.53 bits per heavy atom. The van der Waals surface area contributed by atoms with Gasteiger partial charge in [-0.3, -0.25) is 4.79 Å². The molecular formula is C16H17NO2. The second-order valence-electron chi connectivity index (χ2n) is 4.57. The molecule has 2 aromatic rings. The van der Waals surface area contributed by atoms with Crippen LogP contribution in [0.25, 0.3) is 0 Å². The van der Waals surface area contributed by atoms with Crippen molar-refractivity contribution < 1.29 is 9.53 Å². The number of nitrogen functional groups attached to an aromatic ring is 1. The van der Waals surface area contributed by atoms with Gasteiger partial charge in [-0.05, 0) is 30.2 Å². The fraction of sp³-hybridized carbons (Fsp3) is 0.188. The highest BCUT2D eigenvalue weighted by Gasteiger charge is 2.05. The summed E-state index contributed by atoms with van der Waals surface area (Å²) in [5.41, 5.74) is 9.37. The third kappa shape index (κ3) is 4.14. The zero-order chi connectivity index (χ0) is 13.7. The maximum absolute atomic E-state index is 11.7. The van der Waals surface area contributed by atoms with Gasteiger partial charge in [0.2, 0.25) is 0 Å². The van der Waals surface area contributed by atoms with Crippen molar-refractivity contribution in [2.45, 2.75) is 20.0 Å². The molecule has 0 amide bonds. The van der Waals surface area contributed by atoms with E-state index in [2.05, 4.69) is 0 Å². The van der Waals surface area contributed by atoms with E-state index in [9.17, 15) is 4.79 Å². The summed E-state index contributed by atoms with van der Waals surface area (Å²) in [7, 11) is 0. The quantitative estimate of drug-likeness (QED) is 0.675. The molecule has 0 saturated carbocycles. The summed E-state index contributed by atoms with van der Waals surface area (Å²) in [4.78, 5) is 11.7. The molecule has 98 valence electrons. The van der Waals surface area contributed by atoms with Gasteiger partial charge in [0.15, 0.2) is 0 Å². The van der Waals surface area contributed by atoms with Crippen molar-refractivity contribution in [3.05, 3.63) is 65.2 Å². The maximum atomic E-state index is 11.7. The zero-order valence-corrected chi connectivity index (χ0v) is 10.9. The largest absolute Gasteiger partial charge is 0.461 e. The number of esters is 1. The second kappa shape index (κ2) is 6.05. The Kier molecular flexibility index (Phi) is 4.18. The van der Waals surface area contributed by atoms with Gasteiger partial charge < -0.3 is 10.5 Å². The van der Waals surface area contributed by atoms with Crippen LogP contribution in [0.4, 0.5) is 5.69 Å². The molecule has 2 N–H and O–H groups in total. The minimum atomic E-state index is -0.244. The average molecular weight is 255 g/mol. The Labute approximate surface area is 113 Å². The van der Waals surface area contributed by atoms with E-state index in [4.69, 9.17) is 10.5 Å². The standard InChI is InChI=1S/C16H17NO2/c1-12-5-7-13(8-6-12)11-19-16(18)10-14-3-2-4-15(17)9-14/h2-9H,10-11,17H2,1H3. The van der Waals surface area contributed by atoms with Gasteiger partial charge in [-0.2, -0.15) is 0 Å². The van der Waals surface area contributed by atoms with Gasteiger partial charge in [0.25, 0.3) is 0 Å². The van der Waals surface area contributed by atoms with Gasteiger partial charge in [-0.25, -0.2) is 0 Å². The van der Waals surface area contributed by atoms with Gasteiger partial charge in [0.05, 0.1) is 6.42 Å². The number of hydrogen-bond donors (Lipinski definition) is 1. The minimum absolute atomic E-state index is 0.244. The summed E-state index contributed by atoms with van der Waals surface area (Å²) in [5.74, 6) is -0.244. The van der Waals surface area contributed by atoms with E-state index in [0.29, 0.717) is 12.3 Å². The Morgan fingerprint density at radius 1 is 1.11 bits per heavy atom. The fourth-order valence-corrected chi connectivity index (χ4v) is 1.77. The van der Waals surface area contributed by atoms with Gasteiger partial charge in [0, 0.05) is 5.69 Å². The molecule has 3 heteroatoms. The number of benzene rings is 2. The van der Waals surface area contributed by atoms with Crippen molar-refractivity contribution in [1.82, 2.24) is 0 Å². The van der Waals surface area contributed by atoms with E-state index < -0.39 is 0 Å². The van der Waals surface area contributed by atoms with Crippen LogP contribution in [0, 0.1) is 6.92 Å². The second-order valence-corrected chi connectivity index (χ2v) is 4.57. The summed E-state index contributed by atoms with van der Waals surface area (Å²) >= 11 is 0. The van der Waals surface area contributed by atoms with E-state index in [1.54, 1.807) is 12.1 Å². The lowest BCUT2D eigenvalue weighted by Crippen LogP contribution is -2.08. The van der Waals surface area contributed by atoms with Gasteiger partial charge in [-0.1, -0.05) is 42.0 Å². The van der Waals surface area contributed by atoms with Crippen LogP contribution >= 0.6 is 0 Å². The molecule has 0 heterocycles. The van der Waals surface area contributed by atoms with Crippen LogP contribution < -0.4 is 5.73 Å². The van der Waals surface area contributed by atoms with Crippen molar-refractivity contribution in [2.75, 3.05) is 5.73 Å². The van der Waals surface area contributed by atoms with E-state index in [0.717, 1.165) is 11.1 Å². The van der Waals surface area contributed by atoms with Crippen LogP contribution in [0.1, 0.15) is 16.7 Å². The SMILES string of the molecule is Cc1ccc(COC(=O)Cc2cccc(N)c2)cc1. The molecule has 3 nitrogen and oxygen atoms in total. The van der Waals surface area contributed by atoms with Crippen LogP contribution in [-0.4, -0.2) is 5.97 Å². The number of rotatable bonds is 4. The Hall–Kier alpha value is -2.29. The Balaban J connectivity index is 1.86. The molecular weight excluding hydrogens is 238 g/mol. The van der Waals surface area contributed by atoms with E-state index in [1.807, 2.05) is 43.3 Å². The molecule has 0 aliphatic carbocycles. The molecule has 0 aliphatic rings. The van der Waals surface area contributed by atoms with Gasteiger partial charge >= 0.3 is 5.97 Å². The van der Waals surface area contributed by atoms with Crippen LogP contribution in [-0.2, 0) is 22.6 Å². The highest BCUT2D eigenvalue weighted by Crippen LogP contribution is 2.09. The Morgan fingerprint density at radius 2 is 1.84 bits per heavy atom. The predicted molar refractivity (Wildman–Crippen MR) is 75.5 cm³/mol. The molecule has 0 atom stereocenters. The molecule has 0 saturated heterocycles. The number of carbonyl (C=O) groups is 1. The van der Waals surface area contributed by atoms with Crippen LogP contribution in [0.2, 0.25) is 0 Å². The Bertz CT molecular complexity index is 561. The number of aryl methyl sites for hydroxylation is 1. The molecule has 0 unspecified atom stereocenters. The smallest absolute Gasteiger partial charge is 0.310 e. The molecule has 0 aromatic heterocycles. The number of carbonyl (C=O) groups excluding carboxylic acids is 1. The van der Waals surface area contributed by atoms with Crippen molar-refractivity contribution >= 4 is 11.7 Å². The van der Waals surface area contributed by atoms with Crippen molar-refractivity contribution in [2.24, 2.45) is 0 Å². The van der Waals surface area contributed by atoms with Crippen LogP contribution in [0.5, 0.6) is 0 Å². The first kappa shape index (κ1) is 13.1. The third-order valence-corrected chi connectivity index (χ3v) is 2.82. The highest BCUT2D eigenvalue weighted by atomic mass is 16.5. The molecule has 2 aromatic carbocycles. The first-order valence-electron chi connectivity index (χ1n) is 6.19. The maximum Gasteiger partial charge on any atom is 0.310 e. The zero-order valence-electron chi connectivity index (χ0n) is 10.9. The van der Waals surface area contributed by atoms with Gasteiger partial charge in [-0.15, -0.1) is 0 Å². The average Bonchev–Trinajstić information content (AvgIpc) is 2.38. The first-order chi connectivity index (χ1) is 9.13. The number of hydrogen-bond acceptors (Lipinski definition) is 3. The molecule has 0 bridgehead atoms. The van der Waals surface area contributed by atoms with Crippen molar-refractivity contribution in [3.63, 3.8) is 0 Å². The van der Waals surface area contributed by atoms with Crippen LogP contribution in [0.3, 0.4) is 0 Å². The lowest BCUT2D eigenvalue weighted by Gasteiger charge is -2.06. The third-order valence-electron chi connectivity index (χ3n) is 2.82. The molecule has 2 rings (SSSR count). The minimum Gasteiger partial charge on any atom is -0.461 e. The molecule has 0 fully saturated rings. The fourth-order valence-electron chi connectivity index (χ4n) is 1.77. The van der Waals surface area contributed by atoms with Crippen molar-refractivity contribution in [3.8, 4) is 0 Å². The number of ether oxygens (including phenoxy) is 1. The number of anilines is 1. The normalized spacial score (nSPS) is 10.2. The summed E-state index contributed by atoms with van der Waals surface area (Å²) in [6, 6.07) is 15.2. The topological polar surface area (TPSA) is 52.3 Å². The molecule has 0 radical (unpaired) electrons. The monoisotopic (exact) mass is 255 g/mol. The summed E-state index contributed by atoms with van der Waals surface area (Å²) in [6.07, 6.45) is 0.247. The highest BCUT2D eigenvalue weighted by molar-refractivity contribution is 5.73. The van der Waals surface area contributed by atoms with E-state index in [-0.39, 0.29) is 12.4 Å². The summed E-state index contributed by atoms with van der Waals surface area (Å²) in [5, 5.41) is 0. The summed E-state index contributed by atoms with van der Waals surface area (Å²) in [6.45, 7) is 2.33. The predicted octanol–water partition coefficient (Wildman–Crippen LogP) is 2.86. The van der Waals surface area contributed by atoms with Gasteiger partial charge in [0.1, 0.15) is 6.61 Å². The first-order valence-corrected chi connectivity index (χ1v) is 6.19. The number of nitrogens with two attached hydrogens (primary N) is 1. The molecule has 0 aliphatic heterocycles. The molecule has 0 spiro atoms. The van der Waals surface area contributed by atoms with E-state index in [1.165, 1.54) is 5.56 Å².